The lowest BCUT2D eigenvalue weighted by Crippen LogP contribution is -2.31. The van der Waals surface area contributed by atoms with Crippen molar-refractivity contribution in [1.29, 1.82) is 0 Å². The average Bonchev–Trinajstić information content (AvgIpc) is 3.28. The third kappa shape index (κ3) is 4.77. The summed E-state index contributed by atoms with van der Waals surface area (Å²) in [5.74, 6) is 1.19. The number of nitrogens with one attached hydrogen (secondary N) is 3. The predicted octanol–water partition coefficient (Wildman–Crippen LogP) is 4.44. The van der Waals surface area contributed by atoms with Crippen LogP contribution in [0.4, 0.5) is 29.2 Å². The fourth-order valence-corrected chi connectivity index (χ4v) is 3.86. The molecule has 0 unspecified atom stereocenters. The summed E-state index contributed by atoms with van der Waals surface area (Å²) in [7, 11) is 0. The summed E-state index contributed by atoms with van der Waals surface area (Å²) in [4.78, 5) is 29.4. The minimum Gasteiger partial charge on any atom is -0.361 e. The first kappa shape index (κ1) is 21.3. The molecule has 0 bridgehead atoms. The molecule has 1 fully saturated rings. The van der Waals surface area contributed by atoms with Crippen molar-refractivity contribution in [3.8, 4) is 0 Å². The normalized spacial score (nSPS) is 13.9. The number of para-hydroxylation sites is 1. The van der Waals surface area contributed by atoms with Gasteiger partial charge >= 0.3 is 0 Å². The van der Waals surface area contributed by atoms with Gasteiger partial charge < -0.3 is 15.2 Å². The van der Waals surface area contributed by atoms with Crippen LogP contribution in [0.3, 0.4) is 0 Å². The van der Waals surface area contributed by atoms with Gasteiger partial charge in [0.15, 0.2) is 0 Å². The number of hydrogen-bond acceptors (Lipinski definition) is 9. The number of nitro benzene ring substituents is 1. The second kappa shape index (κ2) is 9.53. The largest absolute Gasteiger partial charge is 0.361 e. The van der Waals surface area contributed by atoms with Crippen molar-refractivity contribution in [3.63, 3.8) is 0 Å². The van der Waals surface area contributed by atoms with Gasteiger partial charge in [0, 0.05) is 53.6 Å². The maximum Gasteiger partial charge on any atom is 0.269 e. The van der Waals surface area contributed by atoms with Gasteiger partial charge in [0.25, 0.3) is 5.69 Å². The molecular formula is C23H23N9O2. The monoisotopic (exact) mass is 457 g/mol. The molecule has 172 valence electrons. The molecule has 0 aliphatic carbocycles. The van der Waals surface area contributed by atoms with Crippen LogP contribution in [0.15, 0.2) is 59.8 Å². The zero-order valence-electron chi connectivity index (χ0n) is 18.3. The molecule has 3 N–H and O–H groups in total. The minimum atomic E-state index is -0.436. The molecule has 5 rings (SSSR count). The fourth-order valence-electron chi connectivity index (χ4n) is 3.86. The van der Waals surface area contributed by atoms with E-state index in [0.717, 1.165) is 42.4 Å². The molecule has 4 aromatic rings. The number of aromatic amines is 1. The van der Waals surface area contributed by atoms with Crippen molar-refractivity contribution in [1.82, 2.24) is 19.9 Å². The number of piperidine rings is 1. The molecule has 0 spiro atoms. The second-order valence-corrected chi connectivity index (χ2v) is 7.92. The smallest absolute Gasteiger partial charge is 0.269 e. The Balaban J connectivity index is 1.39. The van der Waals surface area contributed by atoms with E-state index in [1.54, 1.807) is 18.3 Å². The van der Waals surface area contributed by atoms with Gasteiger partial charge in [-0.2, -0.15) is 20.1 Å². The molecule has 1 saturated heterocycles. The van der Waals surface area contributed by atoms with Gasteiger partial charge in [0.1, 0.15) is 0 Å². The molecule has 2 aromatic carbocycles. The summed E-state index contributed by atoms with van der Waals surface area (Å²) in [5.41, 5.74) is 5.54. The molecule has 3 heterocycles. The highest BCUT2D eigenvalue weighted by Gasteiger charge is 2.16. The second-order valence-electron chi connectivity index (χ2n) is 7.92. The van der Waals surface area contributed by atoms with Gasteiger partial charge in [0.05, 0.1) is 11.1 Å². The van der Waals surface area contributed by atoms with Crippen LogP contribution in [0.25, 0.3) is 10.9 Å². The molecule has 11 nitrogen and oxygen atoms in total. The Morgan fingerprint density at radius 2 is 1.76 bits per heavy atom. The Labute approximate surface area is 195 Å². The molecule has 0 atom stereocenters. The van der Waals surface area contributed by atoms with Crippen molar-refractivity contribution in [2.24, 2.45) is 5.10 Å². The number of rotatable bonds is 7. The van der Waals surface area contributed by atoms with Crippen LogP contribution in [0, 0.1) is 10.1 Å². The molecule has 1 aliphatic rings. The van der Waals surface area contributed by atoms with E-state index in [9.17, 15) is 10.1 Å². The van der Waals surface area contributed by atoms with Crippen LogP contribution >= 0.6 is 0 Å². The van der Waals surface area contributed by atoms with Gasteiger partial charge in [-0.3, -0.25) is 10.1 Å². The number of nitrogens with zero attached hydrogens (tertiary/aromatic N) is 6. The van der Waals surface area contributed by atoms with E-state index in [1.807, 2.05) is 30.5 Å². The Morgan fingerprint density at radius 3 is 2.56 bits per heavy atom. The Hall–Kier alpha value is -4.54. The highest BCUT2D eigenvalue weighted by atomic mass is 16.6. The van der Waals surface area contributed by atoms with Gasteiger partial charge in [-0.15, -0.1) is 0 Å². The number of benzene rings is 2. The van der Waals surface area contributed by atoms with E-state index in [4.69, 9.17) is 0 Å². The molecule has 11 heteroatoms. The van der Waals surface area contributed by atoms with E-state index in [0.29, 0.717) is 23.5 Å². The Bertz CT molecular complexity index is 1330. The summed E-state index contributed by atoms with van der Waals surface area (Å²) >= 11 is 0. The van der Waals surface area contributed by atoms with Crippen LogP contribution in [-0.2, 0) is 0 Å². The van der Waals surface area contributed by atoms with Gasteiger partial charge in [0.2, 0.25) is 17.8 Å². The fraction of sp³-hybridized carbons (Fsp3) is 0.217. The highest BCUT2D eigenvalue weighted by Crippen LogP contribution is 2.22. The average molecular weight is 457 g/mol. The van der Waals surface area contributed by atoms with Crippen molar-refractivity contribution in [2.45, 2.75) is 19.3 Å². The number of nitro groups is 1. The van der Waals surface area contributed by atoms with Gasteiger partial charge in [-0.05, 0) is 37.5 Å². The standard InChI is InChI=1S/C23H23N9O2/c33-32(34)18-10-8-17(9-11-18)26-21-27-22(29-23(28-21)31-12-4-1-5-13-31)30-25-15-16-14-24-20-7-3-2-6-19(16)20/h2-3,6-11,14-15,24H,1,4-5,12-13H2,(H2,26,27,28,29,30)/b25-15+. The first-order valence-corrected chi connectivity index (χ1v) is 11.0. The summed E-state index contributed by atoms with van der Waals surface area (Å²) < 4.78 is 0. The van der Waals surface area contributed by atoms with Crippen LogP contribution in [0.2, 0.25) is 0 Å². The van der Waals surface area contributed by atoms with Crippen molar-refractivity contribution in [3.05, 3.63) is 70.4 Å². The zero-order chi connectivity index (χ0) is 23.3. The lowest BCUT2D eigenvalue weighted by atomic mass is 10.1. The summed E-state index contributed by atoms with van der Waals surface area (Å²) in [6, 6.07) is 14.1. The first-order valence-electron chi connectivity index (χ1n) is 11.0. The molecular weight excluding hydrogens is 434 g/mol. The third-order valence-electron chi connectivity index (χ3n) is 5.59. The van der Waals surface area contributed by atoms with Gasteiger partial charge in [-0.1, -0.05) is 18.2 Å². The van der Waals surface area contributed by atoms with E-state index in [-0.39, 0.29) is 5.69 Å². The summed E-state index contributed by atoms with van der Waals surface area (Å²) in [6.45, 7) is 1.75. The van der Waals surface area contributed by atoms with E-state index < -0.39 is 4.92 Å². The third-order valence-corrected chi connectivity index (χ3v) is 5.59. The maximum absolute atomic E-state index is 10.9. The zero-order valence-corrected chi connectivity index (χ0v) is 18.3. The lowest BCUT2D eigenvalue weighted by molar-refractivity contribution is -0.384. The van der Waals surface area contributed by atoms with E-state index in [2.05, 4.69) is 40.7 Å². The molecule has 1 aliphatic heterocycles. The molecule has 2 aromatic heterocycles. The van der Waals surface area contributed by atoms with Crippen LogP contribution in [0.1, 0.15) is 24.8 Å². The maximum atomic E-state index is 10.9. The first-order chi connectivity index (χ1) is 16.7. The van der Waals surface area contributed by atoms with Gasteiger partial charge in [-0.25, -0.2) is 5.43 Å². The van der Waals surface area contributed by atoms with E-state index in [1.165, 1.54) is 18.6 Å². The number of anilines is 4. The predicted molar refractivity (Wildman–Crippen MR) is 132 cm³/mol. The SMILES string of the molecule is O=[N+]([O-])c1ccc(Nc2nc(N/N=C/c3c[nH]c4ccccc34)nc(N3CCCCC3)n2)cc1. The quantitative estimate of drug-likeness (QED) is 0.210. The van der Waals surface area contributed by atoms with Crippen LogP contribution in [0.5, 0.6) is 0 Å². The lowest BCUT2D eigenvalue weighted by Gasteiger charge is -2.26. The van der Waals surface area contributed by atoms with E-state index >= 15 is 0 Å². The van der Waals surface area contributed by atoms with Crippen molar-refractivity contribution in [2.75, 3.05) is 28.7 Å². The summed E-state index contributed by atoms with van der Waals surface area (Å²) in [6.07, 6.45) is 6.96. The number of fused-ring (bicyclic) bond motifs is 1. The number of hydrogen-bond donors (Lipinski definition) is 3. The van der Waals surface area contributed by atoms with Crippen molar-refractivity contribution >= 4 is 46.3 Å². The number of non-ortho nitro benzene ring substituents is 1. The van der Waals surface area contributed by atoms with Crippen molar-refractivity contribution < 1.29 is 4.92 Å². The van der Waals surface area contributed by atoms with Crippen LogP contribution < -0.4 is 15.6 Å². The number of H-pyrrole nitrogens is 1. The number of hydrazone groups is 1. The Morgan fingerprint density at radius 1 is 1.00 bits per heavy atom. The Kier molecular flexibility index (Phi) is 5.97. The molecule has 0 radical (unpaired) electrons. The van der Waals surface area contributed by atoms with Crippen LogP contribution in [-0.4, -0.2) is 44.2 Å². The molecule has 0 amide bonds. The number of aromatic nitrogens is 4. The minimum absolute atomic E-state index is 0.0178. The molecule has 0 saturated carbocycles. The topological polar surface area (TPSA) is 137 Å². The highest BCUT2D eigenvalue weighted by molar-refractivity contribution is 5.99. The molecule has 34 heavy (non-hydrogen) atoms. The summed E-state index contributed by atoms with van der Waals surface area (Å²) in [5, 5.41) is 19.4.